The molecule has 1 amide bonds. The van der Waals surface area contributed by atoms with E-state index in [0.29, 0.717) is 0 Å². The number of amides is 1. The van der Waals surface area contributed by atoms with Gasteiger partial charge in [-0.25, -0.2) is 8.78 Å². The molecular weight excluding hydrogens is 477 g/mol. The van der Waals surface area contributed by atoms with Crippen LogP contribution < -0.4 is 20.1 Å². The van der Waals surface area contributed by atoms with Crippen LogP contribution in [0.5, 0.6) is 11.5 Å². The number of hydrogen-bond donors (Lipinski definition) is 2. The lowest BCUT2D eigenvalue weighted by atomic mass is 9.91. The molecule has 1 aliphatic rings. The van der Waals surface area contributed by atoms with E-state index < -0.39 is 11.6 Å². The fourth-order valence-corrected chi connectivity index (χ4v) is 3.70. The molecular formula is C23H24Cl2F2N2O4. The summed E-state index contributed by atoms with van der Waals surface area (Å²) in [6.45, 7) is -0.245. The predicted octanol–water partition coefficient (Wildman–Crippen LogP) is 4.32. The smallest absolute Gasteiger partial charge is 0.258 e. The summed E-state index contributed by atoms with van der Waals surface area (Å²) in [7, 11) is 0. The van der Waals surface area contributed by atoms with Crippen molar-refractivity contribution in [3.8, 4) is 11.5 Å². The summed E-state index contributed by atoms with van der Waals surface area (Å²) >= 11 is 11.2. The monoisotopic (exact) mass is 500 g/mol. The first-order valence-electron chi connectivity index (χ1n) is 10.5. The number of carbonyl (C=O) groups excluding carboxylic acids is 2. The molecule has 2 aromatic rings. The average molecular weight is 501 g/mol. The first kappa shape index (κ1) is 25.2. The van der Waals surface area contributed by atoms with Crippen molar-refractivity contribution < 1.29 is 27.8 Å². The van der Waals surface area contributed by atoms with Crippen LogP contribution in [0.15, 0.2) is 36.4 Å². The Kier molecular flexibility index (Phi) is 9.29. The van der Waals surface area contributed by atoms with Crippen LogP contribution in [0, 0.1) is 11.6 Å². The van der Waals surface area contributed by atoms with Gasteiger partial charge in [-0.2, -0.15) is 0 Å². The Morgan fingerprint density at radius 2 is 1.36 bits per heavy atom. The summed E-state index contributed by atoms with van der Waals surface area (Å²) in [5.41, 5.74) is 0. The third-order valence-corrected chi connectivity index (χ3v) is 5.85. The van der Waals surface area contributed by atoms with Crippen LogP contribution in [-0.2, 0) is 9.59 Å². The summed E-state index contributed by atoms with van der Waals surface area (Å²) < 4.78 is 37.4. The van der Waals surface area contributed by atoms with Gasteiger partial charge in [-0.05, 0) is 49.9 Å². The quantitative estimate of drug-likeness (QED) is 0.508. The SMILES string of the molecule is O=C(CN[C@H]1CC[C@H](NC(=O)COc2ccc(Cl)c(F)c2)CC1)COc1ccc(Cl)c(F)c1. The minimum atomic E-state index is -0.607. The largest absolute Gasteiger partial charge is 0.486 e. The number of nitrogens with one attached hydrogen (secondary N) is 2. The molecule has 1 aliphatic carbocycles. The van der Waals surface area contributed by atoms with Crippen molar-refractivity contribution >= 4 is 34.9 Å². The lowest BCUT2D eigenvalue weighted by Crippen LogP contribution is -2.44. The van der Waals surface area contributed by atoms with Gasteiger partial charge in [0.1, 0.15) is 29.7 Å². The summed E-state index contributed by atoms with van der Waals surface area (Å²) in [6, 6.07) is 8.17. The van der Waals surface area contributed by atoms with Crippen molar-refractivity contribution in [2.24, 2.45) is 0 Å². The molecule has 1 fully saturated rings. The van der Waals surface area contributed by atoms with E-state index in [1.165, 1.54) is 24.3 Å². The molecule has 33 heavy (non-hydrogen) atoms. The minimum Gasteiger partial charge on any atom is -0.486 e. The number of halogens is 4. The van der Waals surface area contributed by atoms with Crippen molar-refractivity contribution in [1.82, 2.24) is 10.6 Å². The van der Waals surface area contributed by atoms with Crippen LogP contribution in [0.2, 0.25) is 10.0 Å². The van der Waals surface area contributed by atoms with E-state index in [2.05, 4.69) is 10.6 Å². The van der Waals surface area contributed by atoms with Crippen LogP contribution in [0.1, 0.15) is 25.7 Å². The van der Waals surface area contributed by atoms with E-state index in [1.807, 2.05) is 0 Å². The molecule has 178 valence electrons. The number of rotatable bonds is 10. The molecule has 10 heteroatoms. The van der Waals surface area contributed by atoms with Crippen LogP contribution >= 0.6 is 23.2 Å². The van der Waals surface area contributed by atoms with Gasteiger partial charge >= 0.3 is 0 Å². The van der Waals surface area contributed by atoms with Gasteiger partial charge in [0.25, 0.3) is 5.91 Å². The maximum atomic E-state index is 13.4. The van der Waals surface area contributed by atoms with Gasteiger partial charge in [0.2, 0.25) is 0 Å². The molecule has 0 aromatic heterocycles. The van der Waals surface area contributed by atoms with E-state index in [4.69, 9.17) is 32.7 Å². The van der Waals surface area contributed by atoms with Crippen LogP contribution in [-0.4, -0.2) is 43.5 Å². The van der Waals surface area contributed by atoms with Crippen molar-refractivity contribution in [2.75, 3.05) is 19.8 Å². The number of carbonyl (C=O) groups is 2. The van der Waals surface area contributed by atoms with Crippen LogP contribution in [0.3, 0.4) is 0 Å². The zero-order chi connectivity index (χ0) is 23.8. The molecule has 2 N–H and O–H groups in total. The highest BCUT2D eigenvalue weighted by Crippen LogP contribution is 2.22. The molecule has 0 unspecified atom stereocenters. The second kappa shape index (κ2) is 12.2. The summed E-state index contributed by atoms with van der Waals surface area (Å²) in [6.07, 6.45) is 3.11. The van der Waals surface area contributed by atoms with Crippen molar-refractivity contribution in [3.63, 3.8) is 0 Å². The molecule has 0 atom stereocenters. The average Bonchev–Trinajstić information content (AvgIpc) is 2.80. The molecule has 2 aromatic carbocycles. The number of benzene rings is 2. The highest BCUT2D eigenvalue weighted by Gasteiger charge is 2.23. The first-order chi connectivity index (χ1) is 15.8. The van der Waals surface area contributed by atoms with E-state index in [-0.39, 0.29) is 65.1 Å². The van der Waals surface area contributed by atoms with Gasteiger partial charge in [-0.3, -0.25) is 9.59 Å². The second-order valence-corrected chi connectivity index (χ2v) is 8.58. The van der Waals surface area contributed by atoms with E-state index in [9.17, 15) is 18.4 Å². The summed E-state index contributed by atoms with van der Waals surface area (Å²) in [5, 5.41) is 6.09. The van der Waals surface area contributed by atoms with Crippen LogP contribution in [0.4, 0.5) is 8.78 Å². The van der Waals surface area contributed by atoms with Gasteiger partial charge in [0.15, 0.2) is 12.4 Å². The molecule has 3 rings (SSSR count). The lowest BCUT2D eigenvalue weighted by molar-refractivity contribution is -0.124. The Morgan fingerprint density at radius 3 is 1.91 bits per heavy atom. The normalized spacial score (nSPS) is 17.9. The molecule has 6 nitrogen and oxygen atoms in total. The molecule has 0 bridgehead atoms. The van der Waals surface area contributed by atoms with Gasteiger partial charge in [-0.1, -0.05) is 23.2 Å². The van der Waals surface area contributed by atoms with Gasteiger partial charge < -0.3 is 20.1 Å². The second-order valence-electron chi connectivity index (χ2n) is 7.76. The fourth-order valence-electron chi connectivity index (χ4n) is 3.47. The standard InChI is InChI=1S/C23H24Cl2F2N2O4/c24-19-7-5-17(9-21(19)26)32-12-16(30)11-28-14-1-3-15(4-2-14)29-23(31)13-33-18-6-8-20(25)22(27)10-18/h5-10,14-15,28H,1-4,11-13H2,(H,29,31)/t14-,15-. The number of hydrogen-bond acceptors (Lipinski definition) is 5. The fraction of sp³-hybridized carbons (Fsp3) is 0.391. The summed E-state index contributed by atoms with van der Waals surface area (Å²) in [5.74, 6) is -1.18. The van der Waals surface area contributed by atoms with Crippen molar-refractivity contribution in [3.05, 3.63) is 58.1 Å². The molecule has 0 heterocycles. The van der Waals surface area contributed by atoms with Crippen molar-refractivity contribution in [2.45, 2.75) is 37.8 Å². The predicted molar refractivity (Wildman–Crippen MR) is 121 cm³/mol. The maximum absolute atomic E-state index is 13.4. The zero-order valence-electron chi connectivity index (χ0n) is 17.7. The zero-order valence-corrected chi connectivity index (χ0v) is 19.2. The van der Waals surface area contributed by atoms with Crippen molar-refractivity contribution in [1.29, 1.82) is 0 Å². The molecule has 0 aliphatic heterocycles. The lowest BCUT2D eigenvalue weighted by Gasteiger charge is -2.29. The number of Topliss-reactive ketones (excluding diaryl/α,β-unsaturated/α-hetero) is 1. The van der Waals surface area contributed by atoms with Gasteiger partial charge in [0, 0.05) is 24.2 Å². The highest BCUT2D eigenvalue weighted by molar-refractivity contribution is 6.31. The number of ketones is 1. The van der Waals surface area contributed by atoms with E-state index in [0.717, 1.165) is 37.8 Å². The maximum Gasteiger partial charge on any atom is 0.258 e. The molecule has 1 saturated carbocycles. The van der Waals surface area contributed by atoms with Gasteiger partial charge in [-0.15, -0.1) is 0 Å². The molecule has 0 radical (unpaired) electrons. The Balaban J connectivity index is 1.29. The third-order valence-electron chi connectivity index (χ3n) is 5.23. The number of ether oxygens (including phenoxy) is 2. The van der Waals surface area contributed by atoms with E-state index >= 15 is 0 Å². The molecule has 0 spiro atoms. The van der Waals surface area contributed by atoms with Gasteiger partial charge in [0.05, 0.1) is 16.6 Å². The van der Waals surface area contributed by atoms with Crippen LogP contribution in [0.25, 0.3) is 0 Å². The summed E-state index contributed by atoms with van der Waals surface area (Å²) in [4.78, 5) is 24.1. The van der Waals surface area contributed by atoms with E-state index in [1.54, 1.807) is 0 Å². The minimum absolute atomic E-state index is 0.00777. The Bertz CT molecular complexity index is 985. The topological polar surface area (TPSA) is 76.7 Å². The highest BCUT2D eigenvalue weighted by atomic mass is 35.5. The first-order valence-corrected chi connectivity index (χ1v) is 11.3. The Morgan fingerprint density at radius 1 is 0.848 bits per heavy atom. The Labute approximate surface area is 200 Å². The Hall–Kier alpha value is -2.42. The molecule has 0 saturated heterocycles. The third kappa shape index (κ3) is 8.14.